The lowest BCUT2D eigenvalue weighted by molar-refractivity contribution is -0.187. The summed E-state index contributed by atoms with van der Waals surface area (Å²) >= 11 is 13.8. The highest BCUT2D eigenvalue weighted by Crippen LogP contribution is 2.30. The number of benzene rings is 2. The zero-order valence-electron chi connectivity index (χ0n) is 20.5. The highest BCUT2D eigenvalue weighted by atomic mass is 35.5. The second-order valence-corrected chi connectivity index (χ2v) is 10.8. The number of piperazine rings is 1. The van der Waals surface area contributed by atoms with E-state index >= 15 is 0 Å². The first kappa shape index (κ1) is 27.5. The van der Waals surface area contributed by atoms with Crippen molar-refractivity contribution < 1.29 is 18.8 Å². The summed E-state index contributed by atoms with van der Waals surface area (Å²) in [5.41, 5.74) is 1.53. The van der Waals surface area contributed by atoms with E-state index in [-0.39, 0.29) is 43.8 Å². The lowest BCUT2D eigenvalue weighted by atomic mass is 10.0. The molecule has 2 aromatic carbocycles. The molecule has 2 saturated heterocycles. The van der Waals surface area contributed by atoms with Crippen LogP contribution in [0.2, 0.25) is 10.0 Å². The third-order valence-corrected chi connectivity index (χ3v) is 7.84. The van der Waals surface area contributed by atoms with Crippen LogP contribution in [0.15, 0.2) is 42.5 Å². The molecule has 2 aliphatic rings. The second kappa shape index (κ2) is 11.9. The van der Waals surface area contributed by atoms with Crippen LogP contribution in [-0.4, -0.2) is 82.0 Å². The molecule has 1 N–H and O–H groups in total. The highest BCUT2D eigenvalue weighted by molar-refractivity contribution is 7.98. The average molecular weight is 569 g/mol. The summed E-state index contributed by atoms with van der Waals surface area (Å²) in [7, 11) is 1.67. The highest BCUT2D eigenvalue weighted by Gasteiger charge is 2.50. The van der Waals surface area contributed by atoms with Gasteiger partial charge in [0.15, 0.2) is 0 Å². The van der Waals surface area contributed by atoms with E-state index in [2.05, 4.69) is 5.32 Å². The molecule has 8 nitrogen and oxygen atoms in total. The normalized spacial score (nSPS) is 20.3. The van der Waals surface area contributed by atoms with Gasteiger partial charge < -0.3 is 15.1 Å². The fraction of sp³-hybridized carbons (Fsp3) is 0.400. The Hall–Kier alpha value is -2.53. The van der Waals surface area contributed by atoms with Crippen LogP contribution in [0.5, 0.6) is 0 Å². The minimum Gasteiger partial charge on any atom is -0.333 e. The quantitative estimate of drug-likeness (QED) is 0.550. The smallest absolute Gasteiger partial charge is 0.333 e. The summed E-state index contributed by atoms with van der Waals surface area (Å²) in [6, 6.07) is 9.95. The number of hydrogen-bond acceptors (Lipinski definition) is 5. The molecular formula is C25H28Cl2FN5O3S. The SMILES string of the molecule is CSCC[C@H]1C(=O)N(Cc2ccc(Cl)c(Cl)c2)C[C@H]2N1C(=O)CN(C)N2C(=O)NCc1ccc(F)cc1. The van der Waals surface area contributed by atoms with Crippen LogP contribution in [0.25, 0.3) is 0 Å². The topological polar surface area (TPSA) is 76.2 Å². The van der Waals surface area contributed by atoms with Crippen molar-refractivity contribution >= 4 is 52.8 Å². The van der Waals surface area contributed by atoms with Gasteiger partial charge in [-0.15, -0.1) is 0 Å². The molecule has 12 heteroatoms. The van der Waals surface area contributed by atoms with Gasteiger partial charge in [0.1, 0.15) is 18.0 Å². The molecule has 0 aliphatic carbocycles. The second-order valence-electron chi connectivity index (χ2n) is 8.99. The fourth-order valence-corrected chi connectivity index (χ4v) is 5.45. The zero-order valence-corrected chi connectivity index (χ0v) is 22.8. The molecular weight excluding hydrogens is 540 g/mol. The summed E-state index contributed by atoms with van der Waals surface area (Å²) < 4.78 is 13.3. The number of carbonyl (C=O) groups excluding carboxylic acids is 3. The van der Waals surface area contributed by atoms with Crippen LogP contribution < -0.4 is 5.32 Å². The maximum absolute atomic E-state index is 13.6. The van der Waals surface area contributed by atoms with E-state index in [0.29, 0.717) is 22.2 Å². The molecule has 2 atom stereocenters. The number of nitrogens with one attached hydrogen (secondary N) is 1. The first-order valence-corrected chi connectivity index (χ1v) is 13.9. The monoisotopic (exact) mass is 567 g/mol. The van der Waals surface area contributed by atoms with Gasteiger partial charge >= 0.3 is 6.03 Å². The van der Waals surface area contributed by atoms with Crippen LogP contribution in [0.1, 0.15) is 17.5 Å². The third-order valence-electron chi connectivity index (χ3n) is 6.46. The number of halogens is 3. The predicted molar refractivity (Wildman–Crippen MR) is 142 cm³/mol. The van der Waals surface area contributed by atoms with E-state index in [4.69, 9.17) is 23.2 Å². The van der Waals surface area contributed by atoms with Crippen molar-refractivity contribution in [2.75, 3.05) is 32.1 Å². The van der Waals surface area contributed by atoms with Gasteiger partial charge in [-0.3, -0.25) is 9.59 Å². The lowest BCUT2D eigenvalue weighted by Gasteiger charge is -2.54. The first-order valence-electron chi connectivity index (χ1n) is 11.7. The molecule has 198 valence electrons. The van der Waals surface area contributed by atoms with E-state index in [1.807, 2.05) is 6.26 Å². The molecule has 0 saturated carbocycles. The van der Waals surface area contributed by atoms with E-state index < -0.39 is 18.2 Å². The van der Waals surface area contributed by atoms with Crippen molar-refractivity contribution in [3.63, 3.8) is 0 Å². The Labute approximate surface area is 229 Å². The van der Waals surface area contributed by atoms with Crippen molar-refractivity contribution in [3.8, 4) is 0 Å². The Morgan fingerprint density at radius 3 is 2.49 bits per heavy atom. The summed E-state index contributed by atoms with van der Waals surface area (Å²) in [5, 5.41) is 6.73. The zero-order chi connectivity index (χ0) is 26.7. The molecule has 37 heavy (non-hydrogen) atoms. The van der Waals surface area contributed by atoms with Crippen molar-refractivity contribution in [3.05, 3.63) is 69.5 Å². The number of fused-ring (bicyclic) bond motifs is 1. The van der Waals surface area contributed by atoms with E-state index in [9.17, 15) is 18.8 Å². The van der Waals surface area contributed by atoms with Gasteiger partial charge in [0.2, 0.25) is 11.8 Å². The Morgan fingerprint density at radius 1 is 1.11 bits per heavy atom. The van der Waals surface area contributed by atoms with Crippen molar-refractivity contribution in [1.82, 2.24) is 25.1 Å². The third kappa shape index (κ3) is 6.14. The van der Waals surface area contributed by atoms with E-state index in [1.165, 1.54) is 17.1 Å². The number of hydrazine groups is 1. The van der Waals surface area contributed by atoms with Crippen molar-refractivity contribution in [2.24, 2.45) is 0 Å². The van der Waals surface area contributed by atoms with Gasteiger partial charge in [0, 0.05) is 20.1 Å². The minimum absolute atomic E-state index is 0.0314. The number of urea groups is 1. The molecule has 0 aromatic heterocycles. The van der Waals surface area contributed by atoms with Gasteiger partial charge in [0.05, 0.1) is 23.1 Å². The minimum atomic E-state index is -0.692. The Kier molecular flexibility index (Phi) is 8.84. The van der Waals surface area contributed by atoms with Gasteiger partial charge in [-0.25, -0.2) is 19.2 Å². The molecule has 0 spiro atoms. The summed E-state index contributed by atoms with van der Waals surface area (Å²) in [6.07, 6.45) is 1.72. The molecule has 4 rings (SSSR count). The number of carbonyl (C=O) groups is 3. The van der Waals surface area contributed by atoms with Gasteiger partial charge in [-0.05, 0) is 53.8 Å². The molecule has 0 unspecified atom stereocenters. The van der Waals surface area contributed by atoms with Gasteiger partial charge in [0.25, 0.3) is 0 Å². The van der Waals surface area contributed by atoms with Crippen molar-refractivity contribution in [2.45, 2.75) is 31.7 Å². The number of hydrogen-bond donors (Lipinski definition) is 1. The molecule has 0 radical (unpaired) electrons. The van der Waals surface area contributed by atoms with Gasteiger partial charge in [-0.2, -0.15) is 11.8 Å². The first-order chi connectivity index (χ1) is 17.7. The Morgan fingerprint density at radius 2 is 1.81 bits per heavy atom. The van der Waals surface area contributed by atoms with E-state index in [0.717, 1.165) is 11.1 Å². The summed E-state index contributed by atoms with van der Waals surface area (Å²) in [6.45, 7) is 0.552. The number of thioether (sulfide) groups is 1. The van der Waals surface area contributed by atoms with Gasteiger partial charge in [-0.1, -0.05) is 41.4 Å². The molecule has 2 aromatic rings. The molecule has 2 aliphatic heterocycles. The largest absolute Gasteiger partial charge is 0.334 e. The van der Waals surface area contributed by atoms with E-state index in [1.54, 1.807) is 64.0 Å². The standard InChI is InChI=1S/C25H28Cl2FN5O3S/c1-30-15-23(34)32-21(9-10-37-2)24(35)31(13-17-5-8-19(26)20(27)11-17)14-22(32)33(30)25(36)29-12-16-3-6-18(28)7-4-16/h3-8,11,21-22H,9-10,12-15H2,1-2H3,(H,29,36)/t21-,22-/m0/s1. The molecule has 0 bridgehead atoms. The predicted octanol–water partition coefficient (Wildman–Crippen LogP) is 3.82. The Balaban J connectivity index is 1.60. The van der Waals surface area contributed by atoms with Crippen molar-refractivity contribution in [1.29, 1.82) is 0 Å². The number of nitrogens with zero attached hydrogens (tertiary/aromatic N) is 4. The van der Waals surface area contributed by atoms with Crippen LogP contribution >= 0.6 is 35.0 Å². The number of likely N-dealkylation sites (N-methyl/N-ethyl adjacent to an activating group) is 1. The summed E-state index contributed by atoms with van der Waals surface area (Å²) in [5.74, 6) is -0.0463. The number of rotatable bonds is 7. The number of amides is 4. The van der Waals surface area contributed by atoms with Crippen LogP contribution in [0.3, 0.4) is 0 Å². The maximum Gasteiger partial charge on any atom is 0.334 e. The summed E-state index contributed by atoms with van der Waals surface area (Å²) in [4.78, 5) is 43.4. The van der Waals surface area contributed by atoms with Crippen LogP contribution in [0.4, 0.5) is 9.18 Å². The van der Waals surface area contributed by atoms with Crippen LogP contribution in [0, 0.1) is 5.82 Å². The molecule has 2 fully saturated rings. The molecule has 2 heterocycles. The molecule has 4 amide bonds. The lowest BCUT2D eigenvalue weighted by Crippen LogP contribution is -2.75. The fourth-order valence-electron chi connectivity index (χ4n) is 4.67. The maximum atomic E-state index is 13.6. The average Bonchev–Trinajstić information content (AvgIpc) is 2.86. The Bertz CT molecular complexity index is 1170. The van der Waals surface area contributed by atoms with Crippen LogP contribution in [-0.2, 0) is 22.7 Å².